The van der Waals surface area contributed by atoms with Crippen molar-refractivity contribution < 1.29 is 4.74 Å². The van der Waals surface area contributed by atoms with Crippen molar-refractivity contribution in [3.05, 3.63) is 0 Å². The second-order valence-electron chi connectivity index (χ2n) is 6.59. The summed E-state index contributed by atoms with van der Waals surface area (Å²) in [5.74, 6) is 1.70. The minimum absolute atomic E-state index is 0.377. The Hall–Kier alpha value is -0.0800. The summed E-state index contributed by atoms with van der Waals surface area (Å²) < 4.78 is 5.74. The van der Waals surface area contributed by atoms with Crippen LogP contribution >= 0.6 is 0 Å². The highest BCUT2D eigenvalue weighted by molar-refractivity contribution is 5.14. The number of nitrogens with two attached hydrogens (primary N) is 1. The minimum Gasteiger partial charge on any atom is -0.368 e. The summed E-state index contributed by atoms with van der Waals surface area (Å²) in [6.07, 6.45) is 5.07. The van der Waals surface area contributed by atoms with E-state index < -0.39 is 0 Å². The maximum absolute atomic E-state index is 5.74. The van der Waals surface area contributed by atoms with Crippen LogP contribution in [0.5, 0.6) is 0 Å². The molecule has 0 radical (unpaired) electrons. The molecule has 0 aromatic carbocycles. The molecule has 0 aromatic rings. The molecule has 86 valence electrons. The van der Waals surface area contributed by atoms with Gasteiger partial charge in [0.05, 0.1) is 12.2 Å². The maximum atomic E-state index is 5.74. The molecular weight excluding hydrogens is 186 g/mol. The monoisotopic (exact) mass is 209 g/mol. The second kappa shape index (κ2) is 2.78. The standard InChI is InChI=1S/C13H23NO/c1-12(2)8-4-5-13(12,3)9(6-8)11-10(7-14)15-11/h8-11H,4-7,14H2,1-3H3. The number of hydrogen-bond donors (Lipinski definition) is 1. The van der Waals surface area contributed by atoms with Crippen molar-refractivity contribution in [2.75, 3.05) is 6.54 Å². The molecule has 2 nitrogen and oxygen atoms in total. The molecule has 3 rings (SSSR count). The van der Waals surface area contributed by atoms with Gasteiger partial charge in [-0.2, -0.15) is 0 Å². The Morgan fingerprint density at radius 2 is 2.07 bits per heavy atom. The number of hydrogen-bond acceptors (Lipinski definition) is 2. The summed E-state index contributed by atoms with van der Waals surface area (Å²) >= 11 is 0. The Morgan fingerprint density at radius 3 is 2.47 bits per heavy atom. The van der Waals surface area contributed by atoms with Crippen molar-refractivity contribution in [2.45, 2.75) is 52.2 Å². The predicted molar refractivity (Wildman–Crippen MR) is 60.4 cm³/mol. The van der Waals surface area contributed by atoms with E-state index in [2.05, 4.69) is 20.8 Å². The molecule has 3 fully saturated rings. The maximum Gasteiger partial charge on any atom is 0.0966 e. The van der Waals surface area contributed by atoms with Crippen molar-refractivity contribution in [1.29, 1.82) is 0 Å². The first kappa shape index (κ1) is 10.1. The van der Waals surface area contributed by atoms with Crippen molar-refractivity contribution in [3.63, 3.8) is 0 Å². The first-order chi connectivity index (χ1) is 7.00. The number of fused-ring (bicyclic) bond motifs is 2. The van der Waals surface area contributed by atoms with Gasteiger partial charge in [-0.3, -0.25) is 0 Å². The smallest absolute Gasteiger partial charge is 0.0966 e. The summed E-state index contributed by atoms with van der Waals surface area (Å²) in [5.41, 5.74) is 6.70. The third-order valence-electron chi connectivity index (χ3n) is 6.11. The third-order valence-corrected chi connectivity index (χ3v) is 6.11. The molecule has 2 aliphatic carbocycles. The van der Waals surface area contributed by atoms with Crippen LogP contribution in [0.4, 0.5) is 0 Å². The molecular formula is C13H23NO. The highest BCUT2D eigenvalue weighted by Gasteiger charge is 2.66. The molecule has 0 aromatic heterocycles. The fraction of sp³-hybridized carbons (Fsp3) is 1.00. The fourth-order valence-corrected chi connectivity index (χ4v) is 4.46. The zero-order valence-corrected chi connectivity index (χ0v) is 10.1. The Labute approximate surface area is 92.6 Å². The van der Waals surface area contributed by atoms with Gasteiger partial charge in [-0.15, -0.1) is 0 Å². The lowest BCUT2D eigenvalue weighted by Crippen LogP contribution is -2.35. The van der Waals surface area contributed by atoms with Gasteiger partial charge in [0, 0.05) is 6.54 Å². The van der Waals surface area contributed by atoms with Crippen LogP contribution in [0.25, 0.3) is 0 Å². The van der Waals surface area contributed by atoms with Gasteiger partial charge >= 0.3 is 0 Å². The Balaban J connectivity index is 1.84. The quantitative estimate of drug-likeness (QED) is 0.708. The van der Waals surface area contributed by atoms with Gasteiger partial charge in [0.15, 0.2) is 0 Å². The van der Waals surface area contributed by atoms with Gasteiger partial charge in [-0.25, -0.2) is 0 Å². The Kier molecular flexibility index (Phi) is 1.87. The van der Waals surface area contributed by atoms with Crippen molar-refractivity contribution in [3.8, 4) is 0 Å². The largest absolute Gasteiger partial charge is 0.368 e. The van der Waals surface area contributed by atoms with Gasteiger partial charge < -0.3 is 10.5 Å². The van der Waals surface area contributed by atoms with E-state index in [0.717, 1.165) is 11.8 Å². The molecule has 5 unspecified atom stereocenters. The second-order valence-corrected chi connectivity index (χ2v) is 6.59. The fourth-order valence-electron chi connectivity index (χ4n) is 4.46. The summed E-state index contributed by atoms with van der Waals surface area (Å²) in [6, 6.07) is 0. The lowest BCUT2D eigenvalue weighted by Gasteiger charge is -2.39. The summed E-state index contributed by atoms with van der Waals surface area (Å²) in [5, 5.41) is 0. The van der Waals surface area contributed by atoms with Gasteiger partial charge in [-0.05, 0) is 41.9 Å². The summed E-state index contributed by atoms with van der Waals surface area (Å²) in [4.78, 5) is 0. The summed E-state index contributed by atoms with van der Waals surface area (Å²) in [7, 11) is 0. The number of epoxide rings is 1. The van der Waals surface area contributed by atoms with Gasteiger partial charge in [0.1, 0.15) is 0 Å². The average Bonchev–Trinajstić information content (AvgIpc) is 2.89. The van der Waals surface area contributed by atoms with E-state index in [1.807, 2.05) is 0 Å². The van der Waals surface area contributed by atoms with Crippen LogP contribution in [0.15, 0.2) is 0 Å². The van der Waals surface area contributed by atoms with E-state index in [9.17, 15) is 0 Å². The molecule has 2 bridgehead atoms. The molecule has 5 atom stereocenters. The van der Waals surface area contributed by atoms with E-state index in [-0.39, 0.29) is 0 Å². The van der Waals surface area contributed by atoms with Crippen LogP contribution in [0.3, 0.4) is 0 Å². The Morgan fingerprint density at radius 1 is 1.33 bits per heavy atom. The SMILES string of the molecule is CC1(C)C2CCC1(C)C(C1OC1CN)C2. The molecule has 1 saturated heterocycles. The van der Waals surface area contributed by atoms with Crippen LogP contribution in [-0.4, -0.2) is 18.8 Å². The topological polar surface area (TPSA) is 38.5 Å². The van der Waals surface area contributed by atoms with Crippen LogP contribution in [0, 0.1) is 22.7 Å². The normalized spacial score (nSPS) is 56.0. The van der Waals surface area contributed by atoms with Crippen LogP contribution in [-0.2, 0) is 4.74 Å². The number of ether oxygens (including phenoxy) is 1. The number of rotatable bonds is 2. The van der Waals surface area contributed by atoms with Gasteiger partial charge in [0.2, 0.25) is 0 Å². The first-order valence-corrected chi connectivity index (χ1v) is 6.36. The zero-order valence-electron chi connectivity index (χ0n) is 10.1. The first-order valence-electron chi connectivity index (χ1n) is 6.36. The molecule has 3 aliphatic rings. The van der Waals surface area contributed by atoms with E-state index in [0.29, 0.717) is 29.6 Å². The van der Waals surface area contributed by atoms with Gasteiger partial charge in [0.25, 0.3) is 0 Å². The average molecular weight is 209 g/mol. The van der Waals surface area contributed by atoms with Crippen LogP contribution in [0.2, 0.25) is 0 Å². The highest BCUT2D eigenvalue weighted by Crippen LogP contribution is 2.70. The van der Waals surface area contributed by atoms with E-state index in [4.69, 9.17) is 10.5 Å². The van der Waals surface area contributed by atoms with Crippen molar-refractivity contribution in [1.82, 2.24) is 0 Å². The van der Waals surface area contributed by atoms with Crippen molar-refractivity contribution >= 4 is 0 Å². The molecule has 2 saturated carbocycles. The molecule has 2 heteroatoms. The third kappa shape index (κ3) is 1.07. The lowest BCUT2D eigenvalue weighted by molar-refractivity contribution is 0.0845. The van der Waals surface area contributed by atoms with E-state index >= 15 is 0 Å². The zero-order chi connectivity index (χ0) is 10.8. The van der Waals surface area contributed by atoms with E-state index in [1.54, 1.807) is 0 Å². The molecule has 15 heavy (non-hydrogen) atoms. The molecule has 2 N–H and O–H groups in total. The molecule has 1 heterocycles. The predicted octanol–water partition coefficient (Wildman–Crippen LogP) is 2.17. The molecule has 0 amide bonds. The summed E-state index contributed by atoms with van der Waals surface area (Å²) in [6.45, 7) is 8.12. The van der Waals surface area contributed by atoms with Crippen LogP contribution in [0.1, 0.15) is 40.0 Å². The minimum atomic E-state index is 0.377. The molecule has 1 aliphatic heterocycles. The van der Waals surface area contributed by atoms with Crippen molar-refractivity contribution in [2.24, 2.45) is 28.4 Å². The lowest BCUT2D eigenvalue weighted by atomic mass is 9.65. The van der Waals surface area contributed by atoms with Gasteiger partial charge in [-0.1, -0.05) is 20.8 Å². The molecule has 0 spiro atoms. The van der Waals surface area contributed by atoms with E-state index in [1.165, 1.54) is 19.3 Å². The Bertz CT molecular complexity index is 288. The highest BCUT2D eigenvalue weighted by atomic mass is 16.6. The van der Waals surface area contributed by atoms with Crippen LogP contribution < -0.4 is 5.73 Å².